The van der Waals surface area contributed by atoms with Crippen molar-refractivity contribution in [2.24, 2.45) is 0 Å². The van der Waals surface area contributed by atoms with Crippen LogP contribution in [0.1, 0.15) is 18.9 Å². The van der Waals surface area contributed by atoms with Crippen LogP contribution in [0.2, 0.25) is 0 Å². The molecular weight excluding hydrogens is 202 g/mol. The van der Waals surface area contributed by atoms with Crippen LogP contribution in [0.25, 0.3) is 0 Å². The van der Waals surface area contributed by atoms with E-state index in [-0.39, 0.29) is 0 Å². The molecule has 0 heterocycles. The monoisotopic (exact) mass is 223 g/mol. The van der Waals surface area contributed by atoms with Gasteiger partial charge in [-0.1, -0.05) is 0 Å². The van der Waals surface area contributed by atoms with E-state index in [0.717, 1.165) is 30.7 Å². The van der Waals surface area contributed by atoms with E-state index < -0.39 is 0 Å². The molecule has 3 heteroatoms. The maximum absolute atomic E-state index is 9.70. The van der Waals surface area contributed by atoms with Crippen molar-refractivity contribution < 1.29 is 9.84 Å². The molecule has 1 rings (SSSR count). The van der Waals surface area contributed by atoms with Gasteiger partial charge in [0.2, 0.25) is 0 Å². The van der Waals surface area contributed by atoms with Gasteiger partial charge < -0.3 is 14.7 Å². The van der Waals surface area contributed by atoms with Crippen molar-refractivity contribution in [3.8, 4) is 11.5 Å². The van der Waals surface area contributed by atoms with Crippen LogP contribution in [-0.2, 0) is 6.42 Å². The van der Waals surface area contributed by atoms with Gasteiger partial charge in [0, 0.05) is 0 Å². The summed E-state index contributed by atoms with van der Waals surface area (Å²) in [6, 6.07) is 5.43. The number of hydrogen-bond acceptors (Lipinski definition) is 3. The Morgan fingerprint density at radius 2 is 2.06 bits per heavy atom. The lowest BCUT2D eigenvalue weighted by Gasteiger charge is -2.11. The predicted octanol–water partition coefficient (Wildman–Crippen LogP) is 2.29. The first-order valence-electron chi connectivity index (χ1n) is 5.73. The Balaban J connectivity index is 2.59. The van der Waals surface area contributed by atoms with Crippen LogP contribution in [0.3, 0.4) is 0 Å². The topological polar surface area (TPSA) is 32.7 Å². The molecular formula is C13H21NO2. The van der Waals surface area contributed by atoms with E-state index in [9.17, 15) is 5.11 Å². The van der Waals surface area contributed by atoms with Crippen molar-refractivity contribution in [2.75, 3.05) is 27.2 Å². The summed E-state index contributed by atoms with van der Waals surface area (Å²) in [6.07, 6.45) is 1.92. The fourth-order valence-electron chi connectivity index (χ4n) is 1.60. The lowest BCUT2D eigenvalue weighted by molar-refractivity contribution is 0.338. The number of phenolic OH excluding ortho intramolecular Hbond substituents is 1. The molecule has 0 amide bonds. The molecule has 0 atom stereocenters. The minimum absolute atomic E-state index is 0.363. The summed E-state index contributed by atoms with van der Waals surface area (Å²) >= 11 is 0. The SMILES string of the molecule is CCOc1ccc(O)c(CCCN(C)C)c1. The zero-order valence-electron chi connectivity index (χ0n) is 10.4. The first kappa shape index (κ1) is 12.8. The molecule has 0 radical (unpaired) electrons. The number of ether oxygens (including phenoxy) is 1. The van der Waals surface area contributed by atoms with Crippen LogP contribution >= 0.6 is 0 Å². The van der Waals surface area contributed by atoms with Crippen molar-refractivity contribution >= 4 is 0 Å². The molecule has 1 aromatic rings. The standard InChI is InChI=1S/C13H21NO2/c1-4-16-12-7-8-13(15)11(10-12)6-5-9-14(2)3/h7-8,10,15H,4-6,9H2,1-3H3. The summed E-state index contributed by atoms with van der Waals surface area (Å²) in [5, 5.41) is 9.70. The highest BCUT2D eigenvalue weighted by Gasteiger charge is 2.03. The Labute approximate surface area is 97.7 Å². The number of nitrogens with zero attached hydrogens (tertiary/aromatic N) is 1. The highest BCUT2D eigenvalue weighted by Crippen LogP contribution is 2.24. The van der Waals surface area contributed by atoms with Gasteiger partial charge in [-0.3, -0.25) is 0 Å². The normalized spacial score (nSPS) is 10.8. The molecule has 0 aliphatic heterocycles. The number of benzene rings is 1. The first-order valence-corrected chi connectivity index (χ1v) is 5.73. The number of phenols is 1. The van der Waals surface area contributed by atoms with E-state index in [0.29, 0.717) is 12.4 Å². The van der Waals surface area contributed by atoms with Gasteiger partial charge in [0.25, 0.3) is 0 Å². The van der Waals surface area contributed by atoms with Crippen molar-refractivity contribution in [2.45, 2.75) is 19.8 Å². The fraction of sp³-hybridized carbons (Fsp3) is 0.538. The van der Waals surface area contributed by atoms with Gasteiger partial charge in [-0.25, -0.2) is 0 Å². The summed E-state index contributed by atoms with van der Waals surface area (Å²) in [4.78, 5) is 2.14. The van der Waals surface area contributed by atoms with Gasteiger partial charge in [0.05, 0.1) is 6.61 Å². The summed E-state index contributed by atoms with van der Waals surface area (Å²) in [5.41, 5.74) is 0.966. The average Bonchev–Trinajstić information content (AvgIpc) is 2.22. The Morgan fingerprint density at radius 1 is 1.31 bits per heavy atom. The largest absolute Gasteiger partial charge is 0.508 e. The minimum Gasteiger partial charge on any atom is -0.508 e. The quantitative estimate of drug-likeness (QED) is 0.803. The zero-order chi connectivity index (χ0) is 12.0. The van der Waals surface area contributed by atoms with Gasteiger partial charge in [0.15, 0.2) is 0 Å². The Bertz CT molecular complexity index is 324. The molecule has 0 spiro atoms. The third-order valence-electron chi connectivity index (χ3n) is 2.41. The molecule has 0 saturated heterocycles. The molecule has 3 nitrogen and oxygen atoms in total. The highest BCUT2D eigenvalue weighted by molar-refractivity contribution is 5.39. The Morgan fingerprint density at radius 3 is 2.69 bits per heavy atom. The second kappa shape index (κ2) is 6.38. The molecule has 16 heavy (non-hydrogen) atoms. The van der Waals surface area contributed by atoms with Gasteiger partial charge in [-0.15, -0.1) is 0 Å². The van der Waals surface area contributed by atoms with Crippen molar-refractivity contribution in [1.29, 1.82) is 0 Å². The second-order valence-corrected chi connectivity index (χ2v) is 4.13. The van der Waals surface area contributed by atoms with E-state index in [2.05, 4.69) is 19.0 Å². The van der Waals surface area contributed by atoms with Crippen molar-refractivity contribution in [3.05, 3.63) is 23.8 Å². The molecule has 0 fully saturated rings. The van der Waals surface area contributed by atoms with Crippen molar-refractivity contribution in [1.82, 2.24) is 4.90 Å². The maximum atomic E-state index is 9.70. The van der Waals surface area contributed by atoms with Crippen LogP contribution in [-0.4, -0.2) is 37.3 Å². The van der Waals surface area contributed by atoms with Crippen molar-refractivity contribution in [3.63, 3.8) is 0 Å². The van der Waals surface area contributed by atoms with Crippen LogP contribution in [0, 0.1) is 0 Å². The van der Waals surface area contributed by atoms with E-state index in [4.69, 9.17) is 4.74 Å². The summed E-state index contributed by atoms with van der Waals surface area (Å²) < 4.78 is 5.41. The van der Waals surface area contributed by atoms with Gasteiger partial charge in [-0.05, 0) is 64.2 Å². The minimum atomic E-state index is 0.363. The molecule has 90 valence electrons. The fourth-order valence-corrected chi connectivity index (χ4v) is 1.60. The number of rotatable bonds is 6. The Kier molecular flexibility index (Phi) is 5.12. The zero-order valence-corrected chi connectivity index (χ0v) is 10.4. The Hall–Kier alpha value is -1.22. The highest BCUT2D eigenvalue weighted by atomic mass is 16.5. The summed E-state index contributed by atoms with van der Waals surface area (Å²) in [5.74, 6) is 1.20. The third kappa shape index (κ3) is 4.11. The number of aromatic hydroxyl groups is 1. The molecule has 0 aliphatic carbocycles. The summed E-state index contributed by atoms with van der Waals surface area (Å²) in [6.45, 7) is 3.64. The smallest absolute Gasteiger partial charge is 0.119 e. The predicted molar refractivity (Wildman–Crippen MR) is 66.2 cm³/mol. The number of hydrogen-bond donors (Lipinski definition) is 1. The average molecular weight is 223 g/mol. The van der Waals surface area contributed by atoms with Crippen LogP contribution in [0.4, 0.5) is 0 Å². The maximum Gasteiger partial charge on any atom is 0.119 e. The van der Waals surface area contributed by atoms with E-state index in [1.807, 2.05) is 13.0 Å². The van der Waals surface area contributed by atoms with Crippen LogP contribution in [0.5, 0.6) is 11.5 Å². The molecule has 0 saturated carbocycles. The molecule has 1 N–H and O–H groups in total. The van der Waals surface area contributed by atoms with Gasteiger partial charge >= 0.3 is 0 Å². The molecule has 0 unspecified atom stereocenters. The van der Waals surface area contributed by atoms with E-state index in [1.54, 1.807) is 12.1 Å². The van der Waals surface area contributed by atoms with Gasteiger partial charge in [-0.2, -0.15) is 0 Å². The van der Waals surface area contributed by atoms with Crippen LogP contribution < -0.4 is 4.74 Å². The lowest BCUT2D eigenvalue weighted by atomic mass is 10.1. The first-order chi connectivity index (χ1) is 7.63. The molecule has 1 aromatic carbocycles. The third-order valence-corrected chi connectivity index (χ3v) is 2.41. The summed E-state index contributed by atoms with van der Waals surface area (Å²) in [7, 11) is 4.10. The molecule has 0 aliphatic rings. The second-order valence-electron chi connectivity index (χ2n) is 4.13. The van der Waals surface area contributed by atoms with Crippen LogP contribution in [0.15, 0.2) is 18.2 Å². The molecule has 0 bridgehead atoms. The van der Waals surface area contributed by atoms with E-state index >= 15 is 0 Å². The van der Waals surface area contributed by atoms with Gasteiger partial charge in [0.1, 0.15) is 11.5 Å². The number of aryl methyl sites for hydroxylation is 1. The van der Waals surface area contributed by atoms with E-state index in [1.165, 1.54) is 0 Å². The molecule has 0 aromatic heterocycles. The lowest BCUT2D eigenvalue weighted by Crippen LogP contribution is -2.13.